The van der Waals surface area contributed by atoms with Crippen molar-refractivity contribution < 1.29 is 38.2 Å². The molecular weight excluding hydrogens is 483 g/mol. The van der Waals surface area contributed by atoms with Gasteiger partial charge in [-0.2, -0.15) is 0 Å². The summed E-state index contributed by atoms with van der Waals surface area (Å²) in [5, 5.41) is 20.9. The fourth-order valence-electron chi connectivity index (χ4n) is 4.13. The molecule has 0 spiro atoms. The van der Waals surface area contributed by atoms with Crippen molar-refractivity contribution in [1.82, 2.24) is 10.1 Å². The third kappa shape index (κ3) is 7.74. The van der Waals surface area contributed by atoms with Crippen LogP contribution in [0.2, 0.25) is 0 Å². The highest BCUT2D eigenvalue weighted by atomic mass is 19.1. The Hall–Kier alpha value is -3.50. The quantitative estimate of drug-likeness (QED) is 0.317. The molecule has 1 saturated heterocycles. The number of piperidine rings is 1. The van der Waals surface area contributed by atoms with Crippen LogP contribution < -0.4 is 9.47 Å². The van der Waals surface area contributed by atoms with E-state index in [0.29, 0.717) is 35.2 Å². The number of benzene rings is 2. The Morgan fingerprint density at radius 1 is 1.19 bits per heavy atom. The zero-order valence-electron chi connectivity index (χ0n) is 21.3. The number of Topliss-reactive ketones (excluding diaryl/α,β-unsaturated/α-hetero) is 1. The standard InChI is InChI=1S/C24H27FN2O4.C3H6O3/c1-16(28)18-4-7-21(23(14-18)29-2)30-13-3-10-27-11-8-17(9-12-27)24-20-6-5-19(25)15-22(20)31-26-24;1-2(4)3(5)6/h4-7,14-15,17H,3,8-13H2,1-2H3;2,4H,1H3,(H,5,6). The number of likely N-dealkylation sites (tertiary alicyclic amines) is 1. The van der Waals surface area contributed by atoms with Crippen LogP contribution >= 0.6 is 0 Å². The molecule has 0 radical (unpaired) electrons. The third-order valence-electron chi connectivity index (χ3n) is 6.24. The number of ether oxygens (including phenoxy) is 2. The summed E-state index contributed by atoms with van der Waals surface area (Å²) in [6.45, 7) is 6.22. The first-order chi connectivity index (χ1) is 17.7. The summed E-state index contributed by atoms with van der Waals surface area (Å²) in [5.74, 6) is 0.0748. The molecule has 10 heteroatoms. The number of carbonyl (C=O) groups excluding carboxylic acids is 1. The molecule has 9 nitrogen and oxygen atoms in total. The minimum Gasteiger partial charge on any atom is -0.493 e. The number of carboxylic acids is 1. The first-order valence-corrected chi connectivity index (χ1v) is 12.2. The van der Waals surface area contributed by atoms with Crippen LogP contribution in [0.25, 0.3) is 11.0 Å². The first-order valence-electron chi connectivity index (χ1n) is 12.2. The molecule has 3 aromatic rings. The fourth-order valence-corrected chi connectivity index (χ4v) is 4.13. The van der Waals surface area contributed by atoms with Crippen LogP contribution in [0.4, 0.5) is 4.39 Å². The van der Waals surface area contributed by atoms with Crippen molar-refractivity contribution in [2.45, 2.75) is 45.1 Å². The molecule has 2 heterocycles. The van der Waals surface area contributed by atoms with Crippen LogP contribution in [0.1, 0.15) is 55.1 Å². The van der Waals surface area contributed by atoms with Crippen LogP contribution in [-0.4, -0.2) is 71.5 Å². The number of fused-ring (bicyclic) bond motifs is 1. The number of rotatable bonds is 9. The van der Waals surface area contributed by atoms with Crippen molar-refractivity contribution in [3.63, 3.8) is 0 Å². The van der Waals surface area contributed by atoms with E-state index in [1.807, 2.05) is 0 Å². The molecule has 37 heavy (non-hydrogen) atoms. The van der Waals surface area contributed by atoms with Gasteiger partial charge >= 0.3 is 5.97 Å². The zero-order valence-corrected chi connectivity index (χ0v) is 21.3. The number of aliphatic carboxylic acids is 1. The van der Waals surface area contributed by atoms with E-state index in [1.165, 1.54) is 26.0 Å². The number of aromatic nitrogens is 1. The van der Waals surface area contributed by atoms with Gasteiger partial charge in [-0.1, -0.05) is 5.16 Å². The average molecular weight is 517 g/mol. The lowest BCUT2D eigenvalue weighted by Crippen LogP contribution is -2.34. The maximum absolute atomic E-state index is 13.4. The zero-order chi connectivity index (χ0) is 26.9. The van der Waals surface area contributed by atoms with Crippen LogP contribution in [0.3, 0.4) is 0 Å². The summed E-state index contributed by atoms with van der Waals surface area (Å²) >= 11 is 0. The highest BCUT2D eigenvalue weighted by Gasteiger charge is 2.25. The Balaban J connectivity index is 0.000000568. The summed E-state index contributed by atoms with van der Waals surface area (Å²) in [5.41, 5.74) is 2.07. The highest BCUT2D eigenvalue weighted by molar-refractivity contribution is 5.94. The molecule has 1 atom stereocenters. The Morgan fingerprint density at radius 2 is 1.89 bits per heavy atom. The van der Waals surface area contributed by atoms with E-state index in [1.54, 1.807) is 31.4 Å². The number of aliphatic hydroxyl groups excluding tert-OH is 1. The normalized spacial score (nSPS) is 15.1. The molecular formula is C27H33FN2O7. The van der Waals surface area contributed by atoms with Gasteiger partial charge in [0.2, 0.25) is 0 Å². The van der Waals surface area contributed by atoms with Crippen molar-refractivity contribution in [2.75, 3.05) is 33.4 Å². The Labute approximate surface area is 214 Å². The van der Waals surface area contributed by atoms with Crippen LogP contribution in [0.5, 0.6) is 11.5 Å². The topological polar surface area (TPSA) is 122 Å². The fraction of sp³-hybridized carbons (Fsp3) is 0.444. The maximum Gasteiger partial charge on any atom is 0.332 e. The number of hydrogen-bond donors (Lipinski definition) is 2. The molecule has 0 bridgehead atoms. The number of methoxy groups -OCH3 is 1. The second-order valence-corrected chi connectivity index (χ2v) is 8.96. The number of aliphatic hydroxyl groups is 1. The number of ketones is 1. The van der Waals surface area contributed by atoms with Gasteiger partial charge in [0.15, 0.2) is 22.9 Å². The second kappa shape index (κ2) is 13.2. The van der Waals surface area contributed by atoms with Crippen LogP contribution in [0.15, 0.2) is 40.9 Å². The van der Waals surface area contributed by atoms with Gasteiger partial charge in [-0.05, 0) is 76.5 Å². The Morgan fingerprint density at radius 3 is 2.51 bits per heavy atom. The van der Waals surface area contributed by atoms with Gasteiger partial charge in [-0.3, -0.25) is 4.79 Å². The van der Waals surface area contributed by atoms with Crippen molar-refractivity contribution in [2.24, 2.45) is 0 Å². The number of halogens is 1. The van der Waals surface area contributed by atoms with Gasteiger partial charge in [-0.25, -0.2) is 9.18 Å². The predicted molar refractivity (Wildman–Crippen MR) is 135 cm³/mol. The lowest BCUT2D eigenvalue weighted by molar-refractivity contribution is -0.145. The summed E-state index contributed by atoms with van der Waals surface area (Å²) < 4.78 is 29.9. The molecule has 1 unspecified atom stereocenters. The van der Waals surface area contributed by atoms with Gasteiger partial charge in [-0.15, -0.1) is 0 Å². The van der Waals surface area contributed by atoms with Crippen molar-refractivity contribution >= 4 is 22.7 Å². The van der Waals surface area contributed by atoms with Crippen molar-refractivity contribution in [3.8, 4) is 11.5 Å². The van der Waals surface area contributed by atoms with E-state index in [9.17, 15) is 14.0 Å². The number of hydrogen-bond acceptors (Lipinski definition) is 8. The lowest BCUT2D eigenvalue weighted by Gasteiger charge is -2.31. The number of nitrogens with zero attached hydrogens (tertiary/aromatic N) is 2. The molecule has 1 aromatic heterocycles. The smallest absolute Gasteiger partial charge is 0.332 e. The van der Waals surface area contributed by atoms with Crippen molar-refractivity contribution in [1.29, 1.82) is 0 Å². The molecule has 0 amide bonds. The molecule has 1 fully saturated rings. The summed E-state index contributed by atoms with van der Waals surface area (Å²) in [7, 11) is 1.57. The first kappa shape index (κ1) is 28.1. The molecule has 4 rings (SSSR count). The number of carbonyl (C=O) groups is 2. The molecule has 1 aliphatic heterocycles. The predicted octanol–water partition coefficient (Wildman–Crippen LogP) is 4.28. The third-order valence-corrected chi connectivity index (χ3v) is 6.24. The Kier molecular flexibility index (Phi) is 9.99. The molecule has 1 aliphatic rings. The summed E-state index contributed by atoms with van der Waals surface area (Å²) in [4.78, 5) is 23.4. The average Bonchev–Trinajstić information content (AvgIpc) is 3.30. The van der Waals surface area contributed by atoms with E-state index in [-0.39, 0.29) is 11.6 Å². The highest BCUT2D eigenvalue weighted by Crippen LogP contribution is 2.33. The van der Waals surface area contributed by atoms with E-state index < -0.39 is 12.1 Å². The van der Waals surface area contributed by atoms with Crippen LogP contribution in [0, 0.1) is 5.82 Å². The van der Waals surface area contributed by atoms with E-state index in [0.717, 1.165) is 50.0 Å². The summed E-state index contributed by atoms with van der Waals surface area (Å²) in [6.07, 6.45) is 1.67. The van der Waals surface area contributed by atoms with E-state index >= 15 is 0 Å². The second-order valence-electron chi connectivity index (χ2n) is 8.96. The van der Waals surface area contributed by atoms with Gasteiger partial charge < -0.3 is 29.1 Å². The van der Waals surface area contributed by atoms with Crippen molar-refractivity contribution in [3.05, 3.63) is 53.5 Å². The van der Waals surface area contributed by atoms with Gasteiger partial charge in [0.25, 0.3) is 0 Å². The minimum absolute atomic E-state index is 0.000894. The van der Waals surface area contributed by atoms with Gasteiger partial charge in [0, 0.05) is 29.5 Å². The van der Waals surface area contributed by atoms with Crippen LogP contribution in [-0.2, 0) is 4.79 Å². The van der Waals surface area contributed by atoms with Gasteiger partial charge in [0.05, 0.1) is 19.4 Å². The largest absolute Gasteiger partial charge is 0.493 e. The summed E-state index contributed by atoms with van der Waals surface area (Å²) in [6, 6.07) is 9.87. The molecule has 200 valence electrons. The Bertz CT molecular complexity index is 1200. The number of carboxylic acid groups (broad SMARTS) is 1. The molecule has 0 saturated carbocycles. The van der Waals surface area contributed by atoms with E-state index in [4.69, 9.17) is 24.2 Å². The molecule has 0 aliphatic carbocycles. The van der Waals surface area contributed by atoms with Gasteiger partial charge in [0.1, 0.15) is 11.9 Å². The van der Waals surface area contributed by atoms with E-state index in [2.05, 4.69) is 10.1 Å². The molecule has 2 N–H and O–H groups in total. The monoisotopic (exact) mass is 516 g/mol. The minimum atomic E-state index is -1.23. The maximum atomic E-state index is 13.4. The molecule has 2 aromatic carbocycles. The SMILES string of the molecule is CC(O)C(=O)O.COc1cc(C(C)=O)ccc1OCCCN1CCC(c2noc3cc(F)ccc23)CC1. The lowest BCUT2D eigenvalue weighted by atomic mass is 9.91.